The highest BCUT2D eigenvalue weighted by molar-refractivity contribution is 6.30. The van der Waals surface area contributed by atoms with E-state index in [2.05, 4.69) is 9.64 Å². The summed E-state index contributed by atoms with van der Waals surface area (Å²) in [5.74, 6) is 1.37. The molecule has 1 saturated carbocycles. The van der Waals surface area contributed by atoms with E-state index in [1.165, 1.54) is 6.07 Å². The fraction of sp³-hybridized carbons (Fsp3) is 0.600. The van der Waals surface area contributed by atoms with Crippen molar-refractivity contribution in [3.8, 4) is 5.75 Å². The number of nitrogens with zero attached hydrogens (tertiary/aromatic N) is 1. The van der Waals surface area contributed by atoms with Crippen LogP contribution in [0.3, 0.4) is 0 Å². The van der Waals surface area contributed by atoms with Crippen molar-refractivity contribution in [2.45, 2.75) is 32.0 Å². The number of benzene rings is 1. The molecule has 2 N–H and O–H groups in total. The van der Waals surface area contributed by atoms with Crippen LogP contribution in [0.15, 0.2) is 18.2 Å². The summed E-state index contributed by atoms with van der Waals surface area (Å²) in [4.78, 5) is 2.26. The molecule has 3 unspecified atom stereocenters. The molecule has 3 nitrogen and oxygen atoms in total. The smallest absolute Gasteiger partial charge is 0.387 e. The summed E-state index contributed by atoms with van der Waals surface area (Å²) >= 11 is 5.98. The lowest BCUT2D eigenvalue weighted by atomic mass is 9.98. The van der Waals surface area contributed by atoms with E-state index in [0.717, 1.165) is 25.9 Å². The van der Waals surface area contributed by atoms with Crippen molar-refractivity contribution < 1.29 is 13.5 Å². The molecule has 116 valence electrons. The van der Waals surface area contributed by atoms with Crippen LogP contribution in [0.1, 0.15) is 18.4 Å². The number of fused-ring (bicyclic) bond motifs is 1. The topological polar surface area (TPSA) is 38.5 Å². The number of rotatable bonds is 4. The molecule has 0 amide bonds. The van der Waals surface area contributed by atoms with Crippen LogP contribution in [0.5, 0.6) is 5.75 Å². The Balaban J connectivity index is 1.71. The van der Waals surface area contributed by atoms with Gasteiger partial charge in [-0.2, -0.15) is 8.78 Å². The Kier molecular flexibility index (Phi) is 4.33. The number of likely N-dealkylation sites (tertiary alicyclic amines) is 1. The van der Waals surface area contributed by atoms with Gasteiger partial charge in [-0.1, -0.05) is 11.6 Å². The van der Waals surface area contributed by atoms with Crippen LogP contribution < -0.4 is 10.5 Å². The van der Waals surface area contributed by atoms with E-state index < -0.39 is 6.61 Å². The Morgan fingerprint density at radius 3 is 2.86 bits per heavy atom. The number of alkyl halides is 2. The molecular weight excluding hydrogens is 298 g/mol. The van der Waals surface area contributed by atoms with Crippen LogP contribution in [-0.4, -0.2) is 30.6 Å². The summed E-state index contributed by atoms with van der Waals surface area (Å²) in [7, 11) is 0. The summed E-state index contributed by atoms with van der Waals surface area (Å²) in [5, 5.41) is 0.530. The monoisotopic (exact) mass is 316 g/mol. The number of ether oxygens (including phenoxy) is 1. The van der Waals surface area contributed by atoms with Crippen molar-refractivity contribution in [3.63, 3.8) is 0 Å². The van der Waals surface area contributed by atoms with Gasteiger partial charge in [-0.15, -0.1) is 0 Å². The summed E-state index contributed by atoms with van der Waals surface area (Å²) < 4.78 is 29.5. The van der Waals surface area contributed by atoms with E-state index in [9.17, 15) is 8.78 Å². The van der Waals surface area contributed by atoms with E-state index in [-0.39, 0.29) is 11.8 Å². The van der Waals surface area contributed by atoms with Gasteiger partial charge in [0.15, 0.2) is 0 Å². The molecule has 1 aromatic rings. The summed E-state index contributed by atoms with van der Waals surface area (Å²) in [5.41, 5.74) is 6.83. The zero-order chi connectivity index (χ0) is 15.0. The Hall–Kier alpha value is -0.910. The predicted octanol–water partition coefficient (Wildman–Crippen LogP) is 3.11. The number of hydrogen-bond donors (Lipinski definition) is 1. The number of hydrogen-bond acceptors (Lipinski definition) is 3. The van der Waals surface area contributed by atoms with Crippen LogP contribution in [0.2, 0.25) is 5.02 Å². The lowest BCUT2D eigenvalue weighted by molar-refractivity contribution is -0.0507. The molecule has 3 atom stereocenters. The van der Waals surface area contributed by atoms with E-state index in [1.54, 1.807) is 12.1 Å². The maximum Gasteiger partial charge on any atom is 0.387 e. The largest absolute Gasteiger partial charge is 0.434 e. The average Bonchev–Trinajstić information content (AvgIpc) is 2.95. The fourth-order valence-electron chi connectivity index (χ4n) is 3.65. The maximum atomic E-state index is 12.5. The summed E-state index contributed by atoms with van der Waals surface area (Å²) in [6.07, 6.45) is 2.26. The second-order valence-corrected chi connectivity index (χ2v) is 6.43. The van der Waals surface area contributed by atoms with Gasteiger partial charge >= 0.3 is 6.61 Å². The molecule has 1 saturated heterocycles. The number of nitrogens with two attached hydrogens (primary N) is 1. The van der Waals surface area contributed by atoms with Gasteiger partial charge in [0, 0.05) is 36.3 Å². The molecule has 1 aliphatic heterocycles. The highest BCUT2D eigenvalue weighted by Gasteiger charge is 2.40. The van der Waals surface area contributed by atoms with E-state index >= 15 is 0 Å². The molecule has 21 heavy (non-hydrogen) atoms. The quantitative estimate of drug-likeness (QED) is 0.927. The van der Waals surface area contributed by atoms with Crippen LogP contribution in [-0.2, 0) is 6.54 Å². The minimum atomic E-state index is -2.82. The first-order valence-electron chi connectivity index (χ1n) is 7.24. The van der Waals surface area contributed by atoms with Gasteiger partial charge in [0.2, 0.25) is 0 Å². The Morgan fingerprint density at radius 2 is 2.14 bits per heavy atom. The minimum absolute atomic E-state index is 0.204. The van der Waals surface area contributed by atoms with Gasteiger partial charge in [0.25, 0.3) is 0 Å². The van der Waals surface area contributed by atoms with Crippen molar-refractivity contribution in [1.29, 1.82) is 0 Å². The highest BCUT2D eigenvalue weighted by atomic mass is 35.5. The van der Waals surface area contributed by atoms with Gasteiger partial charge in [-0.05, 0) is 42.9 Å². The van der Waals surface area contributed by atoms with Crippen molar-refractivity contribution in [2.24, 2.45) is 17.6 Å². The van der Waals surface area contributed by atoms with E-state index in [4.69, 9.17) is 17.3 Å². The van der Waals surface area contributed by atoms with Gasteiger partial charge in [0.05, 0.1) is 0 Å². The molecule has 1 aliphatic carbocycles. The Labute approximate surface area is 128 Å². The van der Waals surface area contributed by atoms with Crippen molar-refractivity contribution in [1.82, 2.24) is 4.90 Å². The first-order valence-corrected chi connectivity index (χ1v) is 7.62. The molecule has 3 rings (SSSR count). The average molecular weight is 317 g/mol. The molecule has 1 heterocycles. The maximum absolute atomic E-state index is 12.5. The van der Waals surface area contributed by atoms with Crippen molar-refractivity contribution in [2.75, 3.05) is 13.1 Å². The molecule has 1 aromatic carbocycles. The minimum Gasteiger partial charge on any atom is -0.434 e. The van der Waals surface area contributed by atoms with Crippen molar-refractivity contribution >= 4 is 11.6 Å². The van der Waals surface area contributed by atoms with Crippen LogP contribution >= 0.6 is 11.6 Å². The van der Waals surface area contributed by atoms with Gasteiger partial charge < -0.3 is 10.5 Å². The predicted molar refractivity (Wildman–Crippen MR) is 77.6 cm³/mol. The third kappa shape index (κ3) is 3.30. The van der Waals surface area contributed by atoms with E-state index in [1.807, 2.05) is 0 Å². The molecule has 2 aliphatic rings. The lowest BCUT2D eigenvalue weighted by Gasteiger charge is -2.20. The van der Waals surface area contributed by atoms with Gasteiger partial charge in [-0.25, -0.2) is 0 Å². The molecular formula is C15H19ClF2N2O. The van der Waals surface area contributed by atoms with E-state index in [0.29, 0.717) is 29.0 Å². The van der Waals surface area contributed by atoms with Crippen LogP contribution in [0, 0.1) is 11.8 Å². The lowest BCUT2D eigenvalue weighted by Crippen LogP contribution is -2.30. The zero-order valence-electron chi connectivity index (χ0n) is 11.6. The SMILES string of the molecule is NC1CCC2CN(Cc3cc(Cl)ccc3OC(F)F)CC12. The Morgan fingerprint density at radius 1 is 1.33 bits per heavy atom. The highest BCUT2D eigenvalue weighted by Crippen LogP contribution is 2.38. The van der Waals surface area contributed by atoms with Gasteiger partial charge in [-0.3, -0.25) is 4.90 Å². The fourth-order valence-corrected chi connectivity index (χ4v) is 3.85. The third-order valence-electron chi connectivity index (χ3n) is 4.62. The standard InChI is InChI=1S/C15H19ClF2N2O/c16-11-2-4-14(21-15(17)18)10(5-11)7-20-6-9-1-3-13(19)12(9)8-20/h2,4-5,9,12-13,15H,1,3,6-8,19H2. The Bertz CT molecular complexity index is 514. The summed E-state index contributed by atoms with van der Waals surface area (Å²) in [6.45, 7) is -0.357. The first-order chi connectivity index (χ1) is 10.0. The van der Waals surface area contributed by atoms with Crippen LogP contribution in [0.25, 0.3) is 0 Å². The summed E-state index contributed by atoms with van der Waals surface area (Å²) in [6, 6.07) is 5.05. The second-order valence-electron chi connectivity index (χ2n) is 5.99. The molecule has 0 spiro atoms. The number of halogens is 3. The second kappa shape index (κ2) is 6.07. The molecule has 6 heteroatoms. The first kappa shape index (κ1) is 15.0. The molecule has 2 fully saturated rings. The third-order valence-corrected chi connectivity index (χ3v) is 4.86. The molecule has 0 bridgehead atoms. The van der Waals surface area contributed by atoms with Gasteiger partial charge in [0.1, 0.15) is 5.75 Å². The molecule has 0 aromatic heterocycles. The molecule has 0 radical (unpaired) electrons. The van der Waals surface area contributed by atoms with Crippen LogP contribution in [0.4, 0.5) is 8.78 Å². The normalized spacial score (nSPS) is 29.1. The zero-order valence-corrected chi connectivity index (χ0v) is 12.4. The van der Waals surface area contributed by atoms with Crippen molar-refractivity contribution in [3.05, 3.63) is 28.8 Å².